The normalized spacial score (nSPS) is 16.0. The summed E-state index contributed by atoms with van der Waals surface area (Å²) < 4.78 is 0. The monoisotopic (exact) mass is 190 g/mol. The average Bonchev–Trinajstić information content (AvgIpc) is 2.56. The fourth-order valence-corrected chi connectivity index (χ4v) is 3.20. The first-order chi connectivity index (χ1) is 6.45. The van der Waals surface area contributed by atoms with Crippen molar-refractivity contribution in [1.29, 1.82) is 0 Å². The van der Waals surface area contributed by atoms with Crippen molar-refractivity contribution in [3.05, 3.63) is 23.0 Å². The van der Waals surface area contributed by atoms with E-state index in [0.717, 1.165) is 0 Å². The molecule has 0 fully saturated rings. The van der Waals surface area contributed by atoms with E-state index < -0.39 is 0 Å². The molecule has 13 heavy (non-hydrogen) atoms. The molecule has 0 aromatic carbocycles. The number of thiophene rings is 1. The van der Waals surface area contributed by atoms with E-state index in [1.54, 1.807) is 11.2 Å². The molecule has 1 aliphatic rings. The number of nitrogens with zero attached hydrogens (tertiary/aromatic N) is 2. The summed E-state index contributed by atoms with van der Waals surface area (Å²) in [7, 11) is 0. The lowest BCUT2D eigenvalue weighted by Crippen LogP contribution is -1.97. The summed E-state index contributed by atoms with van der Waals surface area (Å²) in [4.78, 5) is 11.1. The molecule has 0 amide bonds. The minimum Gasteiger partial charge on any atom is -0.244 e. The molecular weight excluding hydrogens is 180 g/mol. The molecule has 0 saturated heterocycles. The molecule has 0 atom stereocenters. The summed E-state index contributed by atoms with van der Waals surface area (Å²) in [6.45, 7) is 0. The van der Waals surface area contributed by atoms with Crippen LogP contribution in [-0.4, -0.2) is 9.97 Å². The fraction of sp³-hybridized carbons (Fsp3) is 0.400. The van der Waals surface area contributed by atoms with Crippen LogP contribution in [0.4, 0.5) is 0 Å². The topological polar surface area (TPSA) is 25.8 Å². The van der Waals surface area contributed by atoms with Gasteiger partial charge < -0.3 is 0 Å². The van der Waals surface area contributed by atoms with E-state index in [1.165, 1.54) is 41.5 Å². The summed E-state index contributed by atoms with van der Waals surface area (Å²) in [6.07, 6.45) is 8.74. The van der Waals surface area contributed by atoms with Gasteiger partial charge in [0, 0.05) is 16.5 Å². The minimum atomic E-state index is 1.17. The van der Waals surface area contributed by atoms with Crippen LogP contribution in [0.5, 0.6) is 0 Å². The molecule has 3 rings (SSSR count). The molecule has 2 aromatic heterocycles. The molecule has 0 bridgehead atoms. The molecule has 0 aliphatic heterocycles. The predicted octanol–water partition coefficient (Wildman–Crippen LogP) is 2.57. The van der Waals surface area contributed by atoms with E-state index in [1.807, 2.05) is 17.5 Å². The van der Waals surface area contributed by atoms with Crippen LogP contribution in [-0.2, 0) is 12.8 Å². The van der Waals surface area contributed by atoms with E-state index in [0.29, 0.717) is 0 Å². The van der Waals surface area contributed by atoms with Crippen molar-refractivity contribution in [2.24, 2.45) is 0 Å². The van der Waals surface area contributed by atoms with E-state index in [4.69, 9.17) is 0 Å². The third-order valence-electron chi connectivity index (χ3n) is 2.64. The van der Waals surface area contributed by atoms with Gasteiger partial charge in [-0.25, -0.2) is 9.97 Å². The zero-order valence-corrected chi connectivity index (χ0v) is 8.10. The van der Waals surface area contributed by atoms with Crippen LogP contribution in [0, 0.1) is 0 Å². The molecule has 0 saturated carbocycles. The Morgan fingerprint density at radius 2 is 2.15 bits per heavy atom. The number of hydrogen-bond acceptors (Lipinski definition) is 3. The smallest absolute Gasteiger partial charge is 0.127 e. The van der Waals surface area contributed by atoms with Gasteiger partial charge in [-0.3, -0.25) is 0 Å². The van der Waals surface area contributed by atoms with Crippen molar-refractivity contribution in [2.45, 2.75) is 25.7 Å². The zero-order chi connectivity index (χ0) is 8.67. The first-order valence-corrected chi connectivity index (χ1v) is 5.47. The highest BCUT2D eigenvalue weighted by atomic mass is 32.1. The highest BCUT2D eigenvalue weighted by Crippen LogP contribution is 2.34. The fourth-order valence-electron chi connectivity index (χ4n) is 2.00. The zero-order valence-electron chi connectivity index (χ0n) is 7.29. The third-order valence-corrected chi connectivity index (χ3v) is 3.85. The SMILES string of the molecule is c1ncc2c3c(sc2n1)CCCC3. The molecular formula is C10H10N2S. The minimum absolute atomic E-state index is 1.17. The van der Waals surface area contributed by atoms with Gasteiger partial charge in [0.25, 0.3) is 0 Å². The molecule has 2 heterocycles. The third kappa shape index (κ3) is 1.07. The Bertz CT molecular complexity index is 447. The molecule has 2 nitrogen and oxygen atoms in total. The van der Waals surface area contributed by atoms with Crippen molar-refractivity contribution in [3.8, 4) is 0 Å². The van der Waals surface area contributed by atoms with Crippen molar-refractivity contribution in [3.63, 3.8) is 0 Å². The van der Waals surface area contributed by atoms with Crippen molar-refractivity contribution < 1.29 is 0 Å². The van der Waals surface area contributed by atoms with Gasteiger partial charge in [-0.05, 0) is 31.2 Å². The van der Waals surface area contributed by atoms with Crippen LogP contribution in [0.15, 0.2) is 12.5 Å². The second-order valence-corrected chi connectivity index (χ2v) is 4.54. The predicted molar refractivity (Wildman–Crippen MR) is 54.1 cm³/mol. The summed E-state index contributed by atoms with van der Waals surface area (Å²) in [6, 6.07) is 0. The quantitative estimate of drug-likeness (QED) is 0.638. The number of rotatable bonds is 0. The second kappa shape index (κ2) is 2.77. The van der Waals surface area contributed by atoms with Crippen LogP contribution in [0.25, 0.3) is 10.2 Å². The van der Waals surface area contributed by atoms with Gasteiger partial charge in [-0.2, -0.15) is 0 Å². The first kappa shape index (κ1) is 7.44. The Balaban J connectivity index is 2.34. The Kier molecular flexibility index (Phi) is 1.59. The van der Waals surface area contributed by atoms with Crippen LogP contribution < -0.4 is 0 Å². The van der Waals surface area contributed by atoms with Crippen LogP contribution in [0.1, 0.15) is 23.3 Å². The van der Waals surface area contributed by atoms with Gasteiger partial charge in [0.05, 0.1) is 0 Å². The van der Waals surface area contributed by atoms with E-state index in [2.05, 4.69) is 9.97 Å². The standard InChI is InChI=1S/C10H10N2S/c1-2-4-9-7(3-1)8-5-11-6-12-10(8)13-9/h5-6H,1-4H2. The molecule has 0 radical (unpaired) electrons. The Morgan fingerprint density at radius 3 is 3.15 bits per heavy atom. The lowest BCUT2D eigenvalue weighted by atomic mass is 9.97. The second-order valence-electron chi connectivity index (χ2n) is 3.45. The van der Waals surface area contributed by atoms with Crippen molar-refractivity contribution in [1.82, 2.24) is 9.97 Å². The summed E-state index contributed by atoms with van der Waals surface area (Å²) in [5, 5.41) is 1.29. The van der Waals surface area contributed by atoms with Gasteiger partial charge in [-0.1, -0.05) is 0 Å². The lowest BCUT2D eigenvalue weighted by Gasteiger charge is -2.09. The Hall–Kier alpha value is -0.960. The maximum atomic E-state index is 4.29. The van der Waals surface area contributed by atoms with Crippen molar-refractivity contribution >= 4 is 21.6 Å². The van der Waals surface area contributed by atoms with Crippen molar-refractivity contribution in [2.75, 3.05) is 0 Å². The maximum Gasteiger partial charge on any atom is 0.127 e. The van der Waals surface area contributed by atoms with E-state index in [-0.39, 0.29) is 0 Å². The van der Waals surface area contributed by atoms with Gasteiger partial charge >= 0.3 is 0 Å². The summed E-state index contributed by atoms with van der Waals surface area (Å²) >= 11 is 1.85. The van der Waals surface area contributed by atoms with E-state index in [9.17, 15) is 0 Å². The van der Waals surface area contributed by atoms with E-state index >= 15 is 0 Å². The number of hydrogen-bond donors (Lipinski definition) is 0. The van der Waals surface area contributed by atoms with Crippen LogP contribution in [0.3, 0.4) is 0 Å². The molecule has 0 N–H and O–H groups in total. The lowest BCUT2D eigenvalue weighted by molar-refractivity contribution is 0.700. The molecule has 0 spiro atoms. The molecule has 3 heteroatoms. The highest BCUT2D eigenvalue weighted by molar-refractivity contribution is 7.18. The highest BCUT2D eigenvalue weighted by Gasteiger charge is 2.15. The van der Waals surface area contributed by atoms with Gasteiger partial charge in [-0.15, -0.1) is 11.3 Å². The largest absolute Gasteiger partial charge is 0.244 e. The average molecular weight is 190 g/mol. The van der Waals surface area contributed by atoms with Gasteiger partial charge in [0.2, 0.25) is 0 Å². The summed E-state index contributed by atoms with van der Waals surface area (Å²) in [5.41, 5.74) is 1.52. The number of fused-ring (bicyclic) bond motifs is 3. The van der Waals surface area contributed by atoms with Gasteiger partial charge in [0.1, 0.15) is 11.2 Å². The van der Waals surface area contributed by atoms with Crippen LogP contribution >= 0.6 is 11.3 Å². The molecule has 0 unspecified atom stereocenters. The molecule has 2 aromatic rings. The molecule has 66 valence electrons. The first-order valence-electron chi connectivity index (χ1n) is 4.65. The van der Waals surface area contributed by atoms with Gasteiger partial charge in [0.15, 0.2) is 0 Å². The Morgan fingerprint density at radius 1 is 1.23 bits per heavy atom. The Labute approximate surface area is 80.6 Å². The maximum absolute atomic E-state index is 4.29. The summed E-state index contributed by atoms with van der Waals surface area (Å²) in [5.74, 6) is 0. The van der Waals surface area contributed by atoms with Crippen LogP contribution in [0.2, 0.25) is 0 Å². The number of aryl methyl sites for hydroxylation is 2. The molecule has 1 aliphatic carbocycles. The number of aromatic nitrogens is 2.